The number of rotatable bonds is 9. The van der Waals surface area contributed by atoms with Crippen molar-refractivity contribution < 1.29 is 33.5 Å². The van der Waals surface area contributed by atoms with Crippen molar-refractivity contribution in [2.45, 2.75) is 19.8 Å². The second-order valence-electron chi connectivity index (χ2n) is 6.91. The van der Waals surface area contributed by atoms with E-state index < -0.39 is 35.2 Å². The molecule has 10 heteroatoms. The molecule has 1 fully saturated rings. The van der Waals surface area contributed by atoms with Crippen molar-refractivity contribution in [2.24, 2.45) is 17.8 Å². The Balaban J connectivity index is 1.89. The van der Waals surface area contributed by atoms with Gasteiger partial charge in [0.25, 0.3) is 5.91 Å². The van der Waals surface area contributed by atoms with E-state index in [1.54, 1.807) is 25.1 Å². The molecule has 0 aromatic heterocycles. The first-order valence-corrected chi connectivity index (χ1v) is 9.07. The maximum atomic E-state index is 12.1. The molecular weight excluding hydrogens is 384 g/mol. The fraction of sp³-hybridized carbons (Fsp3) is 0.526. The van der Waals surface area contributed by atoms with Gasteiger partial charge in [0.05, 0.1) is 26.3 Å². The number of hydrogen-bond acceptors (Lipinski definition) is 8. The molecule has 0 spiro atoms. The van der Waals surface area contributed by atoms with E-state index >= 15 is 0 Å². The maximum absolute atomic E-state index is 12.1. The van der Waals surface area contributed by atoms with Crippen LogP contribution in [0.4, 0.5) is 5.69 Å². The Morgan fingerprint density at radius 1 is 1.28 bits per heavy atom. The minimum absolute atomic E-state index is 0.170. The molecule has 1 amide bonds. The van der Waals surface area contributed by atoms with Gasteiger partial charge < -0.3 is 19.5 Å². The average Bonchev–Trinajstić information content (AvgIpc) is 2.93. The topological polar surface area (TPSA) is 134 Å². The summed E-state index contributed by atoms with van der Waals surface area (Å²) in [7, 11) is 2.93. The van der Waals surface area contributed by atoms with Gasteiger partial charge in [0, 0.05) is 29.2 Å². The van der Waals surface area contributed by atoms with Gasteiger partial charge in [-0.05, 0) is 18.1 Å². The van der Waals surface area contributed by atoms with Gasteiger partial charge in [0.2, 0.25) is 6.54 Å². The first-order valence-electron chi connectivity index (χ1n) is 9.07. The number of ketones is 1. The third-order valence-corrected chi connectivity index (χ3v) is 4.98. The Hall–Kier alpha value is -3.17. The van der Waals surface area contributed by atoms with E-state index in [1.807, 2.05) is 0 Å². The second-order valence-corrected chi connectivity index (χ2v) is 6.91. The molecule has 0 radical (unpaired) electrons. The highest BCUT2D eigenvalue weighted by atomic mass is 16.6. The van der Waals surface area contributed by atoms with Gasteiger partial charge in [-0.1, -0.05) is 6.92 Å². The number of Topliss-reactive ketones (excluding diaryl/α,β-unsaturated/α-hetero) is 1. The minimum atomic E-state index is -0.757. The number of carbonyl (C=O) groups excluding carboxylic acids is 3. The molecule has 10 nitrogen and oxygen atoms in total. The van der Waals surface area contributed by atoms with Gasteiger partial charge in [0.15, 0.2) is 6.61 Å². The van der Waals surface area contributed by atoms with Crippen molar-refractivity contribution in [2.75, 3.05) is 32.7 Å². The Kier molecular flexibility index (Phi) is 7.52. The lowest BCUT2D eigenvalue weighted by Crippen LogP contribution is -2.28. The number of amides is 1. The monoisotopic (exact) mass is 408 g/mol. The molecule has 0 saturated heterocycles. The Labute approximate surface area is 167 Å². The van der Waals surface area contributed by atoms with Gasteiger partial charge in [-0.3, -0.25) is 24.5 Å². The smallest absolute Gasteiger partial charge is 0.307 e. The van der Waals surface area contributed by atoms with E-state index in [-0.39, 0.29) is 31.1 Å². The zero-order valence-electron chi connectivity index (χ0n) is 16.5. The summed E-state index contributed by atoms with van der Waals surface area (Å²) < 4.78 is 15.2. The van der Waals surface area contributed by atoms with Crippen LogP contribution in [0, 0.1) is 27.9 Å². The quantitative estimate of drug-likeness (QED) is 0.371. The van der Waals surface area contributed by atoms with Crippen molar-refractivity contribution in [1.29, 1.82) is 0 Å². The summed E-state index contributed by atoms with van der Waals surface area (Å²) in [6.45, 7) is 0.833. The SMILES string of the molecule is COc1ccc(NC(=O)COC(=O)C[C@H]2C(=O)C[C@@H](C)[C@H]2C[N+](=O)[O-])c(OC)c1. The van der Waals surface area contributed by atoms with Gasteiger partial charge in [-0.25, -0.2) is 0 Å². The molecule has 0 aliphatic heterocycles. The number of esters is 1. The van der Waals surface area contributed by atoms with Crippen LogP contribution < -0.4 is 14.8 Å². The van der Waals surface area contributed by atoms with Crippen molar-refractivity contribution in [3.8, 4) is 11.5 Å². The van der Waals surface area contributed by atoms with Crippen molar-refractivity contribution in [1.82, 2.24) is 0 Å². The van der Waals surface area contributed by atoms with Gasteiger partial charge in [-0.15, -0.1) is 0 Å². The van der Waals surface area contributed by atoms with Crippen LogP contribution in [0.1, 0.15) is 19.8 Å². The van der Waals surface area contributed by atoms with E-state index in [0.29, 0.717) is 17.2 Å². The number of benzene rings is 1. The molecular formula is C19H24N2O8. The van der Waals surface area contributed by atoms with E-state index in [9.17, 15) is 24.5 Å². The van der Waals surface area contributed by atoms with Crippen LogP contribution >= 0.6 is 0 Å². The van der Waals surface area contributed by atoms with Crippen molar-refractivity contribution in [3.63, 3.8) is 0 Å². The lowest BCUT2D eigenvalue weighted by molar-refractivity contribution is -0.490. The molecule has 158 valence electrons. The zero-order chi connectivity index (χ0) is 21.6. The largest absolute Gasteiger partial charge is 0.497 e. The fourth-order valence-corrected chi connectivity index (χ4v) is 3.47. The lowest BCUT2D eigenvalue weighted by Gasteiger charge is -2.17. The maximum Gasteiger partial charge on any atom is 0.307 e. The number of methoxy groups -OCH3 is 2. The van der Waals surface area contributed by atoms with E-state index in [2.05, 4.69) is 5.32 Å². The summed E-state index contributed by atoms with van der Waals surface area (Å²) in [6.07, 6.45) is -0.0744. The highest BCUT2D eigenvalue weighted by Crippen LogP contribution is 2.36. The molecule has 0 bridgehead atoms. The number of anilines is 1. The lowest BCUT2D eigenvalue weighted by atomic mass is 9.88. The average molecular weight is 408 g/mol. The molecule has 29 heavy (non-hydrogen) atoms. The summed E-state index contributed by atoms with van der Waals surface area (Å²) in [5.41, 5.74) is 0.375. The van der Waals surface area contributed by atoms with Crippen LogP contribution in [0.5, 0.6) is 11.5 Å². The Bertz CT molecular complexity index is 794. The Morgan fingerprint density at radius 2 is 2.00 bits per heavy atom. The van der Waals surface area contributed by atoms with Crippen molar-refractivity contribution >= 4 is 23.3 Å². The number of hydrogen-bond donors (Lipinski definition) is 1. The fourth-order valence-electron chi connectivity index (χ4n) is 3.47. The van der Waals surface area contributed by atoms with Crippen LogP contribution in [-0.2, 0) is 19.1 Å². The first kappa shape index (κ1) is 22.1. The van der Waals surface area contributed by atoms with E-state index in [0.717, 1.165) is 0 Å². The predicted octanol–water partition coefficient (Wildman–Crippen LogP) is 1.69. The van der Waals surface area contributed by atoms with Gasteiger partial charge in [-0.2, -0.15) is 0 Å². The van der Waals surface area contributed by atoms with E-state index in [4.69, 9.17) is 14.2 Å². The van der Waals surface area contributed by atoms with Crippen LogP contribution in [-0.4, -0.2) is 50.0 Å². The van der Waals surface area contributed by atoms with Crippen LogP contribution in [0.15, 0.2) is 18.2 Å². The molecule has 1 aliphatic carbocycles. The molecule has 1 aromatic rings. The molecule has 1 N–H and O–H groups in total. The summed E-state index contributed by atoms with van der Waals surface area (Å²) in [6, 6.07) is 4.80. The van der Waals surface area contributed by atoms with Gasteiger partial charge >= 0.3 is 5.97 Å². The highest BCUT2D eigenvalue weighted by molar-refractivity contribution is 5.94. The Morgan fingerprint density at radius 3 is 2.62 bits per heavy atom. The minimum Gasteiger partial charge on any atom is -0.497 e. The molecule has 2 rings (SSSR count). The van der Waals surface area contributed by atoms with Gasteiger partial charge in [0.1, 0.15) is 17.3 Å². The summed E-state index contributed by atoms with van der Waals surface area (Å²) in [5, 5.41) is 13.4. The summed E-state index contributed by atoms with van der Waals surface area (Å²) >= 11 is 0. The number of carbonyl (C=O) groups is 3. The molecule has 1 aliphatic rings. The van der Waals surface area contributed by atoms with E-state index in [1.165, 1.54) is 14.2 Å². The second kappa shape index (κ2) is 9.85. The standard InChI is InChI=1S/C19H24N2O8/c1-11-6-16(22)13(14(11)9-21(25)26)8-19(24)29-10-18(23)20-15-5-4-12(27-2)7-17(15)28-3/h4-5,7,11,13-14H,6,8-10H2,1-3H3,(H,20,23)/t11-,13-,14-/m1/s1. The predicted molar refractivity (Wildman–Crippen MR) is 101 cm³/mol. The molecule has 0 unspecified atom stereocenters. The van der Waals surface area contributed by atoms with Crippen LogP contribution in [0.25, 0.3) is 0 Å². The van der Waals surface area contributed by atoms with Crippen LogP contribution in [0.3, 0.4) is 0 Å². The number of nitro groups is 1. The normalized spacial score (nSPS) is 20.8. The number of ether oxygens (including phenoxy) is 3. The number of nitrogens with one attached hydrogen (secondary N) is 1. The summed E-state index contributed by atoms with van der Waals surface area (Å²) in [4.78, 5) is 46.6. The first-order chi connectivity index (χ1) is 13.7. The molecule has 1 aromatic carbocycles. The summed E-state index contributed by atoms with van der Waals surface area (Å²) in [5.74, 6) is -2.04. The third-order valence-electron chi connectivity index (χ3n) is 4.98. The van der Waals surface area contributed by atoms with Crippen LogP contribution in [0.2, 0.25) is 0 Å². The number of nitrogens with zero attached hydrogens (tertiary/aromatic N) is 1. The molecule has 0 heterocycles. The third kappa shape index (κ3) is 5.90. The molecule has 3 atom stereocenters. The zero-order valence-corrected chi connectivity index (χ0v) is 16.5. The molecule has 1 saturated carbocycles. The van der Waals surface area contributed by atoms with Crippen molar-refractivity contribution in [3.05, 3.63) is 28.3 Å². The highest BCUT2D eigenvalue weighted by Gasteiger charge is 2.44.